The first-order chi connectivity index (χ1) is 15.3. The highest BCUT2D eigenvalue weighted by Crippen LogP contribution is 2.31. The van der Waals surface area contributed by atoms with Crippen LogP contribution < -0.4 is 9.62 Å². The maximum Gasteiger partial charge on any atom is 0.264 e. The first-order valence-electron chi connectivity index (χ1n) is 10.8. The number of hydrogen-bond donors (Lipinski definition) is 1. The van der Waals surface area contributed by atoms with E-state index in [4.69, 9.17) is 0 Å². The number of nitrogens with zero attached hydrogens (tertiary/aromatic N) is 1. The molecule has 0 saturated heterocycles. The third-order valence-electron chi connectivity index (χ3n) is 6.16. The van der Waals surface area contributed by atoms with Crippen molar-refractivity contribution in [2.45, 2.75) is 44.0 Å². The Morgan fingerprint density at radius 3 is 2.47 bits per heavy atom. The fraction of sp³-hybridized carbons (Fsp3) is 0.269. The standard InChI is InChI=1S/C26H28N2O3S/c1-18-11-15-22(16-12-18)32(30,31)28(3)25-17-21(14-13-19(25)2)26(29)27-24-10-6-8-20-7-4-5-9-23(20)24/h4-5,7,9,11-17,24H,6,8,10H2,1-3H3,(H,27,29). The van der Waals surface area contributed by atoms with Gasteiger partial charge in [0.15, 0.2) is 0 Å². The Morgan fingerprint density at radius 2 is 1.72 bits per heavy atom. The van der Waals surface area contributed by atoms with Gasteiger partial charge in [-0.3, -0.25) is 9.10 Å². The molecule has 0 fully saturated rings. The Morgan fingerprint density at radius 1 is 1.00 bits per heavy atom. The third-order valence-corrected chi connectivity index (χ3v) is 7.95. The molecule has 166 valence electrons. The largest absolute Gasteiger partial charge is 0.345 e. The number of aryl methyl sites for hydroxylation is 3. The summed E-state index contributed by atoms with van der Waals surface area (Å²) in [4.78, 5) is 13.3. The molecule has 1 aliphatic rings. The molecular weight excluding hydrogens is 420 g/mol. The predicted octanol–water partition coefficient (Wildman–Crippen LogP) is 4.94. The van der Waals surface area contributed by atoms with Gasteiger partial charge in [-0.1, -0.05) is 48.0 Å². The van der Waals surface area contributed by atoms with Crippen molar-refractivity contribution in [1.82, 2.24) is 5.32 Å². The zero-order valence-corrected chi connectivity index (χ0v) is 19.4. The summed E-state index contributed by atoms with van der Waals surface area (Å²) in [6.45, 7) is 3.76. The molecule has 0 heterocycles. The fourth-order valence-electron chi connectivity index (χ4n) is 4.23. The second-order valence-electron chi connectivity index (χ2n) is 8.40. The number of fused-ring (bicyclic) bond motifs is 1. The van der Waals surface area contributed by atoms with Crippen LogP contribution in [0.1, 0.15) is 51.5 Å². The normalized spacial score (nSPS) is 15.7. The maximum atomic E-state index is 13.2. The van der Waals surface area contributed by atoms with Crippen LogP contribution in [0.15, 0.2) is 71.6 Å². The molecule has 5 nitrogen and oxygen atoms in total. The van der Waals surface area contributed by atoms with Gasteiger partial charge in [0.2, 0.25) is 0 Å². The molecule has 1 aliphatic carbocycles. The Balaban J connectivity index is 1.60. The van der Waals surface area contributed by atoms with Crippen LogP contribution >= 0.6 is 0 Å². The Hall–Kier alpha value is -3.12. The molecule has 6 heteroatoms. The predicted molar refractivity (Wildman–Crippen MR) is 128 cm³/mol. The van der Waals surface area contributed by atoms with Crippen molar-refractivity contribution in [3.8, 4) is 0 Å². The molecule has 1 atom stereocenters. The quantitative estimate of drug-likeness (QED) is 0.601. The average Bonchev–Trinajstić information content (AvgIpc) is 2.79. The minimum Gasteiger partial charge on any atom is -0.345 e. The van der Waals surface area contributed by atoms with Crippen molar-refractivity contribution in [3.05, 3.63) is 94.5 Å². The number of amides is 1. The number of benzene rings is 3. The Labute approximate surface area is 190 Å². The van der Waals surface area contributed by atoms with Gasteiger partial charge >= 0.3 is 0 Å². The number of rotatable bonds is 5. The van der Waals surface area contributed by atoms with E-state index in [0.29, 0.717) is 11.3 Å². The van der Waals surface area contributed by atoms with Gasteiger partial charge in [-0.25, -0.2) is 8.42 Å². The van der Waals surface area contributed by atoms with Crippen molar-refractivity contribution >= 4 is 21.6 Å². The summed E-state index contributed by atoms with van der Waals surface area (Å²) in [6, 6.07) is 20.1. The minimum atomic E-state index is -3.74. The van der Waals surface area contributed by atoms with E-state index in [-0.39, 0.29) is 16.8 Å². The van der Waals surface area contributed by atoms with Gasteiger partial charge < -0.3 is 5.32 Å². The number of sulfonamides is 1. The first kappa shape index (κ1) is 22.1. The van der Waals surface area contributed by atoms with Gasteiger partial charge in [0.1, 0.15) is 0 Å². The number of anilines is 1. The van der Waals surface area contributed by atoms with E-state index < -0.39 is 10.0 Å². The lowest BCUT2D eigenvalue weighted by atomic mass is 9.87. The molecule has 0 saturated carbocycles. The average molecular weight is 449 g/mol. The van der Waals surface area contributed by atoms with Crippen molar-refractivity contribution in [2.75, 3.05) is 11.4 Å². The number of carbonyl (C=O) groups excluding carboxylic acids is 1. The lowest BCUT2D eigenvalue weighted by Gasteiger charge is -2.27. The fourth-order valence-corrected chi connectivity index (χ4v) is 5.49. The summed E-state index contributed by atoms with van der Waals surface area (Å²) in [7, 11) is -2.21. The van der Waals surface area contributed by atoms with Crippen LogP contribution in [0.5, 0.6) is 0 Å². The summed E-state index contributed by atoms with van der Waals surface area (Å²) < 4.78 is 27.6. The first-order valence-corrected chi connectivity index (χ1v) is 12.3. The topological polar surface area (TPSA) is 66.5 Å². The van der Waals surface area contributed by atoms with Crippen molar-refractivity contribution < 1.29 is 13.2 Å². The molecule has 1 amide bonds. The second kappa shape index (κ2) is 8.79. The van der Waals surface area contributed by atoms with E-state index >= 15 is 0 Å². The highest BCUT2D eigenvalue weighted by molar-refractivity contribution is 7.92. The molecular formula is C26H28N2O3S. The molecule has 3 aromatic carbocycles. The van der Waals surface area contributed by atoms with Gasteiger partial charge in [-0.15, -0.1) is 0 Å². The third kappa shape index (κ3) is 4.28. The molecule has 4 rings (SSSR count). The van der Waals surface area contributed by atoms with Crippen LogP contribution in [0.4, 0.5) is 5.69 Å². The monoisotopic (exact) mass is 448 g/mol. The SMILES string of the molecule is Cc1ccc(S(=O)(=O)N(C)c2cc(C(=O)NC3CCCc4ccccc43)ccc2C)cc1. The smallest absolute Gasteiger partial charge is 0.264 e. The summed E-state index contributed by atoms with van der Waals surface area (Å²) >= 11 is 0. The number of carbonyl (C=O) groups is 1. The summed E-state index contributed by atoms with van der Waals surface area (Å²) in [6.07, 6.45) is 2.95. The van der Waals surface area contributed by atoms with E-state index in [0.717, 1.165) is 30.4 Å². The minimum absolute atomic E-state index is 0.0359. The van der Waals surface area contributed by atoms with E-state index in [1.54, 1.807) is 42.5 Å². The molecule has 0 radical (unpaired) electrons. The number of nitrogens with one attached hydrogen (secondary N) is 1. The van der Waals surface area contributed by atoms with Gasteiger partial charge in [-0.2, -0.15) is 0 Å². The van der Waals surface area contributed by atoms with E-state index in [1.165, 1.54) is 22.5 Å². The van der Waals surface area contributed by atoms with E-state index in [9.17, 15) is 13.2 Å². The van der Waals surface area contributed by atoms with Gasteiger partial charge in [0.25, 0.3) is 15.9 Å². The summed E-state index contributed by atoms with van der Waals surface area (Å²) in [5.74, 6) is -0.200. The molecule has 32 heavy (non-hydrogen) atoms. The number of hydrogen-bond acceptors (Lipinski definition) is 3. The lowest BCUT2D eigenvalue weighted by molar-refractivity contribution is 0.0932. The van der Waals surface area contributed by atoms with E-state index in [2.05, 4.69) is 17.4 Å². The molecule has 0 aromatic heterocycles. The van der Waals surface area contributed by atoms with E-state index in [1.807, 2.05) is 26.0 Å². The van der Waals surface area contributed by atoms with Crippen molar-refractivity contribution in [2.24, 2.45) is 0 Å². The van der Waals surface area contributed by atoms with Crippen LogP contribution in [0.3, 0.4) is 0 Å². The Kier molecular flexibility index (Phi) is 6.07. The second-order valence-corrected chi connectivity index (χ2v) is 10.4. The molecule has 1 N–H and O–H groups in total. The van der Waals surface area contributed by atoms with Crippen LogP contribution in [-0.2, 0) is 16.4 Å². The van der Waals surface area contributed by atoms with Crippen molar-refractivity contribution in [1.29, 1.82) is 0 Å². The highest BCUT2D eigenvalue weighted by Gasteiger charge is 2.25. The molecule has 3 aromatic rings. The lowest BCUT2D eigenvalue weighted by Crippen LogP contribution is -2.31. The highest BCUT2D eigenvalue weighted by atomic mass is 32.2. The molecule has 1 unspecified atom stereocenters. The summed E-state index contributed by atoms with van der Waals surface area (Å²) in [5.41, 5.74) is 5.14. The molecule has 0 spiro atoms. The summed E-state index contributed by atoms with van der Waals surface area (Å²) in [5, 5.41) is 3.15. The van der Waals surface area contributed by atoms with Crippen LogP contribution in [-0.4, -0.2) is 21.4 Å². The maximum absolute atomic E-state index is 13.2. The van der Waals surface area contributed by atoms with Crippen LogP contribution in [0, 0.1) is 13.8 Å². The zero-order chi connectivity index (χ0) is 22.9. The van der Waals surface area contributed by atoms with Crippen LogP contribution in [0.2, 0.25) is 0 Å². The van der Waals surface area contributed by atoms with Gasteiger partial charge in [-0.05, 0) is 74.1 Å². The Bertz CT molecular complexity index is 1250. The van der Waals surface area contributed by atoms with Gasteiger partial charge in [0, 0.05) is 12.6 Å². The van der Waals surface area contributed by atoms with Crippen LogP contribution in [0.25, 0.3) is 0 Å². The van der Waals surface area contributed by atoms with Crippen molar-refractivity contribution in [3.63, 3.8) is 0 Å². The molecule has 0 bridgehead atoms. The van der Waals surface area contributed by atoms with Gasteiger partial charge in [0.05, 0.1) is 16.6 Å². The molecule has 0 aliphatic heterocycles. The zero-order valence-electron chi connectivity index (χ0n) is 18.6.